The molecule has 0 aromatic carbocycles. The minimum Gasteiger partial charge on any atom is -0.368 e. The number of hydrogen-bond donors (Lipinski definition) is 1. The molecule has 0 aliphatic carbocycles. The Hall–Kier alpha value is -0.900. The quantitative estimate of drug-likeness (QED) is 0.649. The van der Waals surface area contributed by atoms with E-state index in [0.29, 0.717) is 6.42 Å². The van der Waals surface area contributed by atoms with Crippen LogP contribution in [0.25, 0.3) is 0 Å². The maximum Gasteiger partial charge on any atom is 0.234 e. The summed E-state index contributed by atoms with van der Waals surface area (Å²) >= 11 is 0. The molecule has 13 heavy (non-hydrogen) atoms. The molecular weight excluding hydrogens is 168 g/mol. The molecule has 0 saturated carbocycles. The fourth-order valence-electron chi connectivity index (χ4n) is 1.56. The Balaban J connectivity index is 2.15. The highest BCUT2D eigenvalue weighted by molar-refractivity contribution is 5.80. The Morgan fingerprint density at radius 1 is 1.54 bits per heavy atom. The summed E-state index contributed by atoms with van der Waals surface area (Å²) in [5, 5.41) is 0. The Morgan fingerprint density at radius 3 is 2.62 bits per heavy atom. The summed E-state index contributed by atoms with van der Waals surface area (Å²) in [6.07, 6.45) is 2.30. The number of likely N-dealkylation sites (tertiary alicyclic amines) is 1. The van der Waals surface area contributed by atoms with Gasteiger partial charge in [0, 0.05) is 13.0 Å². The zero-order valence-electron chi connectivity index (χ0n) is 7.95. The largest absolute Gasteiger partial charge is 0.368 e. The van der Waals surface area contributed by atoms with Gasteiger partial charge in [-0.05, 0) is 26.3 Å². The van der Waals surface area contributed by atoms with Gasteiger partial charge in [0.05, 0.1) is 6.04 Å². The third-order valence-electron chi connectivity index (χ3n) is 2.43. The molecule has 74 valence electrons. The molecule has 1 saturated heterocycles. The molecule has 0 bridgehead atoms. The number of rotatable bonds is 5. The standard InChI is InChI=1S/C9H16N2O2/c1-7(12)3-2-5-11-6-4-8(11)9(10)13/h8H,2-6H2,1H3,(H2,10,13). The topological polar surface area (TPSA) is 63.4 Å². The van der Waals surface area contributed by atoms with Gasteiger partial charge in [-0.25, -0.2) is 0 Å². The lowest BCUT2D eigenvalue weighted by molar-refractivity contribution is -0.127. The second kappa shape index (κ2) is 4.37. The first-order valence-corrected chi connectivity index (χ1v) is 4.64. The van der Waals surface area contributed by atoms with Gasteiger partial charge >= 0.3 is 0 Å². The highest BCUT2D eigenvalue weighted by Gasteiger charge is 2.31. The molecule has 4 nitrogen and oxygen atoms in total. The Bertz CT molecular complexity index is 216. The lowest BCUT2D eigenvalue weighted by Gasteiger charge is -2.38. The van der Waals surface area contributed by atoms with Crippen LogP contribution in [0.3, 0.4) is 0 Å². The fourth-order valence-corrected chi connectivity index (χ4v) is 1.56. The van der Waals surface area contributed by atoms with Gasteiger partial charge in [0.1, 0.15) is 5.78 Å². The number of nitrogens with zero attached hydrogens (tertiary/aromatic N) is 1. The molecule has 0 spiro atoms. The lowest BCUT2D eigenvalue weighted by atomic mass is 10.0. The monoisotopic (exact) mass is 184 g/mol. The number of nitrogens with two attached hydrogens (primary N) is 1. The van der Waals surface area contributed by atoms with E-state index in [4.69, 9.17) is 5.73 Å². The molecule has 1 fully saturated rings. The number of hydrogen-bond acceptors (Lipinski definition) is 3. The number of amides is 1. The second-order valence-corrected chi connectivity index (χ2v) is 3.55. The van der Waals surface area contributed by atoms with E-state index in [9.17, 15) is 9.59 Å². The Labute approximate surface area is 78.1 Å². The van der Waals surface area contributed by atoms with Crippen molar-refractivity contribution in [2.45, 2.75) is 32.2 Å². The van der Waals surface area contributed by atoms with E-state index in [0.717, 1.165) is 25.9 Å². The number of primary amides is 1. The van der Waals surface area contributed by atoms with Gasteiger partial charge in [-0.2, -0.15) is 0 Å². The molecule has 1 atom stereocenters. The molecule has 1 aliphatic heterocycles. The van der Waals surface area contributed by atoms with E-state index >= 15 is 0 Å². The van der Waals surface area contributed by atoms with Gasteiger partial charge < -0.3 is 10.5 Å². The molecule has 4 heteroatoms. The zero-order chi connectivity index (χ0) is 9.84. The molecule has 1 rings (SSSR count). The summed E-state index contributed by atoms with van der Waals surface area (Å²) in [4.78, 5) is 23.5. The molecule has 1 aliphatic rings. The van der Waals surface area contributed by atoms with Crippen molar-refractivity contribution in [1.82, 2.24) is 4.90 Å². The first-order valence-electron chi connectivity index (χ1n) is 4.64. The number of ketones is 1. The summed E-state index contributed by atoms with van der Waals surface area (Å²) < 4.78 is 0. The van der Waals surface area contributed by atoms with Crippen LogP contribution in [-0.2, 0) is 9.59 Å². The lowest BCUT2D eigenvalue weighted by Crippen LogP contribution is -2.54. The van der Waals surface area contributed by atoms with E-state index in [-0.39, 0.29) is 17.7 Å². The van der Waals surface area contributed by atoms with Gasteiger partial charge in [-0.1, -0.05) is 0 Å². The average Bonchev–Trinajstić information content (AvgIpc) is 1.93. The van der Waals surface area contributed by atoms with Gasteiger partial charge in [0.2, 0.25) is 5.91 Å². The molecule has 0 radical (unpaired) electrons. The average molecular weight is 184 g/mol. The van der Waals surface area contributed by atoms with E-state index in [1.165, 1.54) is 0 Å². The summed E-state index contributed by atoms with van der Waals surface area (Å²) in [6, 6.07) is -0.0769. The Kier molecular flexibility index (Phi) is 3.42. The van der Waals surface area contributed by atoms with Crippen molar-refractivity contribution in [3.05, 3.63) is 0 Å². The van der Waals surface area contributed by atoms with E-state index in [1.807, 2.05) is 4.90 Å². The van der Waals surface area contributed by atoms with Crippen LogP contribution in [0.15, 0.2) is 0 Å². The van der Waals surface area contributed by atoms with Crippen molar-refractivity contribution in [3.63, 3.8) is 0 Å². The van der Waals surface area contributed by atoms with Crippen molar-refractivity contribution >= 4 is 11.7 Å². The van der Waals surface area contributed by atoms with Crippen LogP contribution in [0, 0.1) is 0 Å². The first kappa shape index (κ1) is 10.2. The third-order valence-corrected chi connectivity index (χ3v) is 2.43. The number of Topliss-reactive ketones (excluding diaryl/α,β-unsaturated/α-hetero) is 1. The van der Waals surface area contributed by atoms with Crippen molar-refractivity contribution < 1.29 is 9.59 Å². The van der Waals surface area contributed by atoms with Gasteiger partial charge in [0.15, 0.2) is 0 Å². The molecule has 0 aromatic heterocycles. The smallest absolute Gasteiger partial charge is 0.234 e. The van der Waals surface area contributed by atoms with Crippen LogP contribution < -0.4 is 5.73 Å². The summed E-state index contributed by atoms with van der Waals surface area (Å²) in [7, 11) is 0. The van der Waals surface area contributed by atoms with Crippen LogP contribution in [0.5, 0.6) is 0 Å². The van der Waals surface area contributed by atoms with Crippen LogP contribution in [0.1, 0.15) is 26.2 Å². The van der Waals surface area contributed by atoms with Crippen LogP contribution in [0.4, 0.5) is 0 Å². The SMILES string of the molecule is CC(=O)CCCN1CCC1C(N)=O. The third kappa shape index (κ3) is 2.81. The van der Waals surface area contributed by atoms with Crippen molar-refractivity contribution in [2.75, 3.05) is 13.1 Å². The van der Waals surface area contributed by atoms with Crippen LogP contribution in [-0.4, -0.2) is 35.7 Å². The van der Waals surface area contributed by atoms with E-state index < -0.39 is 0 Å². The summed E-state index contributed by atoms with van der Waals surface area (Å²) in [5.74, 6) is -0.0368. The predicted octanol–water partition coefficient (Wildman–Crippen LogP) is -0.0848. The minimum absolute atomic E-state index is 0.0769. The van der Waals surface area contributed by atoms with Crippen LogP contribution in [0.2, 0.25) is 0 Å². The highest BCUT2D eigenvalue weighted by atomic mass is 16.1. The van der Waals surface area contributed by atoms with Crippen LogP contribution >= 0.6 is 0 Å². The maximum absolute atomic E-state index is 10.8. The molecule has 1 heterocycles. The summed E-state index contributed by atoms with van der Waals surface area (Å²) in [5.41, 5.74) is 5.17. The zero-order valence-corrected chi connectivity index (χ0v) is 7.95. The van der Waals surface area contributed by atoms with Crippen molar-refractivity contribution in [1.29, 1.82) is 0 Å². The normalized spacial score (nSPS) is 22.4. The number of carbonyl (C=O) groups is 2. The van der Waals surface area contributed by atoms with Gasteiger partial charge in [-0.15, -0.1) is 0 Å². The van der Waals surface area contributed by atoms with Gasteiger partial charge in [-0.3, -0.25) is 9.69 Å². The molecular formula is C9H16N2O2. The van der Waals surface area contributed by atoms with Crippen molar-refractivity contribution in [3.8, 4) is 0 Å². The van der Waals surface area contributed by atoms with E-state index in [1.54, 1.807) is 6.92 Å². The molecule has 1 unspecified atom stereocenters. The van der Waals surface area contributed by atoms with Gasteiger partial charge in [0.25, 0.3) is 0 Å². The Morgan fingerprint density at radius 2 is 2.23 bits per heavy atom. The fraction of sp³-hybridized carbons (Fsp3) is 0.778. The maximum atomic E-state index is 10.8. The predicted molar refractivity (Wildman–Crippen MR) is 49.1 cm³/mol. The molecule has 0 aromatic rings. The summed E-state index contributed by atoms with van der Waals surface area (Å²) in [6.45, 7) is 3.33. The molecule has 2 N–H and O–H groups in total. The highest BCUT2D eigenvalue weighted by Crippen LogP contribution is 2.17. The first-order chi connectivity index (χ1) is 6.11. The van der Waals surface area contributed by atoms with E-state index in [2.05, 4.69) is 0 Å². The minimum atomic E-state index is -0.242. The molecule has 1 amide bonds. The number of carbonyl (C=O) groups excluding carboxylic acids is 2. The second-order valence-electron chi connectivity index (χ2n) is 3.55. The van der Waals surface area contributed by atoms with Crippen molar-refractivity contribution in [2.24, 2.45) is 5.73 Å².